The van der Waals surface area contributed by atoms with Crippen LogP contribution < -0.4 is 5.32 Å². The number of amides is 1. The lowest BCUT2D eigenvalue weighted by molar-refractivity contribution is 0.0359. The first-order valence-corrected chi connectivity index (χ1v) is 9.05. The van der Waals surface area contributed by atoms with Crippen LogP contribution >= 0.6 is 0 Å². The summed E-state index contributed by atoms with van der Waals surface area (Å²) in [7, 11) is 0. The average Bonchev–Trinajstić information content (AvgIpc) is 2.81. The van der Waals surface area contributed by atoms with Crippen molar-refractivity contribution in [1.29, 1.82) is 0 Å². The van der Waals surface area contributed by atoms with Crippen LogP contribution in [0.25, 0.3) is 11.1 Å². The molecule has 1 N–H and O–H groups in total. The first-order chi connectivity index (χ1) is 12.4. The highest BCUT2D eigenvalue weighted by Gasteiger charge is 2.23. The molecule has 1 amide bonds. The van der Waals surface area contributed by atoms with Crippen molar-refractivity contribution in [3.8, 4) is 11.1 Å². The van der Waals surface area contributed by atoms with Crippen molar-refractivity contribution in [3.05, 3.63) is 53.9 Å². The van der Waals surface area contributed by atoms with Crippen molar-refractivity contribution in [1.82, 2.24) is 10.3 Å². The van der Waals surface area contributed by atoms with E-state index in [0.29, 0.717) is 13.2 Å². The number of nitrogens with zero attached hydrogens (tertiary/aromatic N) is 1. The van der Waals surface area contributed by atoms with E-state index in [9.17, 15) is 4.79 Å². The Bertz CT molecular complexity index is 754. The van der Waals surface area contributed by atoms with Crippen molar-refractivity contribution < 1.29 is 14.3 Å². The third kappa shape index (κ3) is 4.61. The fourth-order valence-electron chi connectivity index (χ4n) is 3.21. The molecule has 1 aromatic carbocycles. The van der Waals surface area contributed by atoms with Gasteiger partial charge in [0.05, 0.1) is 6.54 Å². The van der Waals surface area contributed by atoms with Gasteiger partial charge in [-0.1, -0.05) is 18.2 Å². The number of carbonyl (C=O) groups is 1. The van der Waals surface area contributed by atoms with Crippen molar-refractivity contribution >= 4 is 6.09 Å². The Hall–Kier alpha value is -2.40. The Kier molecular flexibility index (Phi) is 5.57. The van der Waals surface area contributed by atoms with Crippen LogP contribution in [0.4, 0.5) is 4.79 Å². The molecule has 0 unspecified atom stereocenters. The van der Waals surface area contributed by atoms with Crippen LogP contribution in [0.1, 0.15) is 44.4 Å². The van der Waals surface area contributed by atoms with E-state index in [-0.39, 0.29) is 6.10 Å². The largest absolute Gasteiger partial charge is 0.444 e. The van der Waals surface area contributed by atoms with Crippen LogP contribution in [0.5, 0.6) is 0 Å². The van der Waals surface area contributed by atoms with Gasteiger partial charge in [0.1, 0.15) is 11.7 Å². The van der Waals surface area contributed by atoms with E-state index in [4.69, 9.17) is 9.47 Å². The summed E-state index contributed by atoms with van der Waals surface area (Å²) in [5, 5.41) is 2.84. The molecule has 2 aromatic rings. The van der Waals surface area contributed by atoms with Crippen molar-refractivity contribution in [2.45, 2.75) is 45.3 Å². The van der Waals surface area contributed by atoms with E-state index in [1.165, 1.54) is 11.1 Å². The maximum absolute atomic E-state index is 12.0. The average molecular weight is 354 g/mol. The number of fused-ring (bicyclic) bond motifs is 1. The second-order valence-electron chi connectivity index (χ2n) is 7.46. The molecule has 5 heteroatoms. The highest BCUT2D eigenvalue weighted by Crippen LogP contribution is 2.33. The molecule has 3 rings (SSSR count). The molecule has 0 saturated heterocycles. The van der Waals surface area contributed by atoms with Crippen molar-refractivity contribution in [2.24, 2.45) is 0 Å². The van der Waals surface area contributed by atoms with Gasteiger partial charge in [-0.3, -0.25) is 4.98 Å². The molecule has 1 aliphatic rings. The molecule has 0 saturated carbocycles. The first kappa shape index (κ1) is 18.4. The maximum atomic E-state index is 12.0. The molecule has 0 bridgehead atoms. The summed E-state index contributed by atoms with van der Waals surface area (Å²) in [6.07, 6.45) is 4.93. The number of hydrogen-bond donors (Lipinski definition) is 1. The van der Waals surface area contributed by atoms with Crippen molar-refractivity contribution in [2.75, 3.05) is 13.2 Å². The quantitative estimate of drug-likeness (QED) is 0.894. The second-order valence-corrected chi connectivity index (χ2v) is 7.46. The number of rotatable bonds is 3. The second kappa shape index (κ2) is 7.87. The van der Waals surface area contributed by atoms with Gasteiger partial charge >= 0.3 is 6.09 Å². The molecule has 138 valence electrons. The third-order valence-electron chi connectivity index (χ3n) is 4.27. The molecular weight excluding hydrogens is 328 g/mol. The number of alkyl carbamates (subject to hydrolysis) is 1. The lowest BCUT2D eigenvalue weighted by atomic mass is 9.91. The molecule has 0 spiro atoms. The van der Waals surface area contributed by atoms with E-state index in [2.05, 4.69) is 22.4 Å². The zero-order chi connectivity index (χ0) is 18.6. The van der Waals surface area contributed by atoms with Gasteiger partial charge in [-0.15, -0.1) is 0 Å². The molecule has 5 nitrogen and oxygen atoms in total. The van der Waals surface area contributed by atoms with E-state index in [1.54, 1.807) is 0 Å². The zero-order valence-electron chi connectivity index (χ0n) is 15.6. The molecular formula is C21H26N2O3. The van der Waals surface area contributed by atoms with Crippen LogP contribution in [-0.2, 0) is 15.9 Å². The summed E-state index contributed by atoms with van der Waals surface area (Å²) in [5.74, 6) is 0. The minimum atomic E-state index is -0.513. The fourth-order valence-corrected chi connectivity index (χ4v) is 3.21. The number of aromatic nitrogens is 1. The topological polar surface area (TPSA) is 60.5 Å². The number of hydrogen-bond acceptors (Lipinski definition) is 4. The summed E-state index contributed by atoms with van der Waals surface area (Å²) < 4.78 is 11.3. The summed E-state index contributed by atoms with van der Waals surface area (Å²) >= 11 is 0. The van der Waals surface area contributed by atoms with Crippen LogP contribution in [-0.4, -0.2) is 29.8 Å². The number of ether oxygens (including phenoxy) is 2. The minimum absolute atomic E-state index is 0.179. The molecule has 1 atom stereocenters. The molecule has 0 radical (unpaired) electrons. The van der Waals surface area contributed by atoms with Gasteiger partial charge in [-0.25, -0.2) is 4.79 Å². The Morgan fingerprint density at radius 3 is 2.77 bits per heavy atom. The Labute approximate surface area is 154 Å². The van der Waals surface area contributed by atoms with E-state index in [0.717, 1.165) is 24.0 Å². The van der Waals surface area contributed by atoms with Gasteiger partial charge in [0.15, 0.2) is 0 Å². The number of benzene rings is 1. The third-order valence-corrected chi connectivity index (χ3v) is 4.27. The monoisotopic (exact) mass is 354 g/mol. The lowest BCUT2D eigenvalue weighted by Crippen LogP contribution is -2.35. The summed E-state index contributed by atoms with van der Waals surface area (Å²) in [4.78, 5) is 16.1. The lowest BCUT2D eigenvalue weighted by Gasteiger charge is -2.23. The predicted octanol–water partition coefficient (Wildman–Crippen LogP) is 4.28. The number of pyridine rings is 1. The highest BCUT2D eigenvalue weighted by molar-refractivity contribution is 5.69. The van der Waals surface area contributed by atoms with Gasteiger partial charge < -0.3 is 14.8 Å². The summed E-state index contributed by atoms with van der Waals surface area (Å²) in [5.41, 5.74) is 4.26. The van der Waals surface area contributed by atoms with Crippen LogP contribution in [0.15, 0.2) is 42.7 Å². The van der Waals surface area contributed by atoms with Gasteiger partial charge in [-0.2, -0.15) is 0 Å². The summed E-state index contributed by atoms with van der Waals surface area (Å²) in [6.45, 7) is 6.62. The number of nitrogens with one attached hydrogen (secondary N) is 1. The minimum Gasteiger partial charge on any atom is -0.444 e. The Morgan fingerprint density at radius 2 is 2.04 bits per heavy atom. The predicted molar refractivity (Wildman–Crippen MR) is 101 cm³/mol. The Balaban J connectivity index is 1.82. The van der Waals surface area contributed by atoms with E-state index < -0.39 is 11.7 Å². The molecule has 0 fully saturated rings. The standard InChI is InChI=1S/C21H26N2O3/c1-21(2,3)26-20(24)23-14-19-18-7-4-6-16(15-9-11-22-12-10-15)17(18)8-5-13-25-19/h4,6-7,9-12,19H,5,8,13-14H2,1-3H3,(H,23,24)/t19-/m0/s1. The number of carbonyl (C=O) groups excluding carboxylic acids is 1. The zero-order valence-corrected chi connectivity index (χ0v) is 15.6. The van der Waals surface area contributed by atoms with E-state index in [1.807, 2.05) is 51.4 Å². The van der Waals surface area contributed by atoms with E-state index >= 15 is 0 Å². The molecule has 1 aliphatic heterocycles. The van der Waals surface area contributed by atoms with Gasteiger partial charge in [0.25, 0.3) is 0 Å². The smallest absolute Gasteiger partial charge is 0.407 e. The van der Waals surface area contributed by atoms with Crippen molar-refractivity contribution in [3.63, 3.8) is 0 Å². The van der Waals surface area contributed by atoms with Crippen LogP contribution in [0.3, 0.4) is 0 Å². The fraction of sp³-hybridized carbons (Fsp3) is 0.429. The normalized spacial score (nSPS) is 17.1. The molecule has 2 heterocycles. The van der Waals surface area contributed by atoms with Gasteiger partial charge in [0, 0.05) is 19.0 Å². The molecule has 0 aliphatic carbocycles. The van der Waals surface area contributed by atoms with Crippen LogP contribution in [0, 0.1) is 0 Å². The van der Waals surface area contributed by atoms with Crippen LogP contribution in [0.2, 0.25) is 0 Å². The molecule has 26 heavy (non-hydrogen) atoms. The maximum Gasteiger partial charge on any atom is 0.407 e. The Morgan fingerprint density at radius 1 is 1.27 bits per heavy atom. The first-order valence-electron chi connectivity index (χ1n) is 9.05. The van der Waals surface area contributed by atoms with Gasteiger partial charge in [-0.05, 0) is 68.0 Å². The summed E-state index contributed by atoms with van der Waals surface area (Å²) in [6, 6.07) is 10.3. The highest BCUT2D eigenvalue weighted by atomic mass is 16.6. The van der Waals surface area contributed by atoms with Gasteiger partial charge in [0.2, 0.25) is 0 Å². The SMILES string of the molecule is CC(C)(C)OC(=O)NC[C@@H]1OCCCc2c(-c3ccncc3)cccc21. The molecule has 1 aromatic heterocycles.